The second-order valence-electron chi connectivity index (χ2n) is 5.03. The average molecular weight is 247 g/mol. The molecular formula is C14H21N3O. The molecule has 0 saturated carbocycles. The third kappa shape index (κ3) is 3.31. The van der Waals surface area contributed by atoms with Crippen molar-refractivity contribution in [3.8, 4) is 0 Å². The van der Waals surface area contributed by atoms with E-state index in [1.807, 2.05) is 6.07 Å². The number of fused-ring (bicyclic) bond motifs is 1. The predicted molar refractivity (Wildman–Crippen MR) is 73.3 cm³/mol. The Morgan fingerprint density at radius 1 is 1.50 bits per heavy atom. The molecule has 0 spiro atoms. The maximum Gasteiger partial charge on any atom is 0.228 e. The quantitative estimate of drug-likeness (QED) is 0.709. The zero-order valence-electron chi connectivity index (χ0n) is 10.8. The van der Waals surface area contributed by atoms with Gasteiger partial charge in [0.1, 0.15) is 0 Å². The number of hydrogen-bond acceptors (Lipinski definition) is 3. The summed E-state index contributed by atoms with van der Waals surface area (Å²) in [6, 6.07) is 6.15. The zero-order chi connectivity index (χ0) is 13.0. The van der Waals surface area contributed by atoms with Crippen LogP contribution in [0.15, 0.2) is 18.2 Å². The molecule has 4 heteroatoms. The number of benzene rings is 1. The van der Waals surface area contributed by atoms with Gasteiger partial charge in [-0.2, -0.15) is 0 Å². The maximum atomic E-state index is 11.2. The van der Waals surface area contributed by atoms with Crippen LogP contribution >= 0.6 is 0 Å². The summed E-state index contributed by atoms with van der Waals surface area (Å²) < 4.78 is 0. The van der Waals surface area contributed by atoms with Crippen LogP contribution in [-0.4, -0.2) is 19.0 Å². The molecule has 0 aliphatic carbocycles. The Hall–Kier alpha value is -1.39. The molecule has 1 aliphatic rings. The Morgan fingerprint density at radius 3 is 3.11 bits per heavy atom. The summed E-state index contributed by atoms with van der Waals surface area (Å²) in [6.45, 7) is 4.77. The minimum absolute atomic E-state index is 0.0895. The molecule has 1 heterocycles. The van der Waals surface area contributed by atoms with Crippen molar-refractivity contribution in [1.29, 1.82) is 0 Å². The molecule has 0 fully saturated rings. The van der Waals surface area contributed by atoms with Crippen LogP contribution in [0.2, 0.25) is 0 Å². The van der Waals surface area contributed by atoms with Crippen LogP contribution < -0.4 is 16.4 Å². The molecule has 1 aromatic carbocycles. The Kier molecular flexibility index (Phi) is 4.33. The summed E-state index contributed by atoms with van der Waals surface area (Å²) in [7, 11) is 0. The minimum atomic E-state index is 0.0895. The molecule has 0 saturated heterocycles. The maximum absolute atomic E-state index is 11.2. The Labute approximate surface area is 108 Å². The lowest BCUT2D eigenvalue weighted by molar-refractivity contribution is -0.115. The van der Waals surface area contributed by atoms with Crippen LogP contribution in [0.1, 0.15) is 24.5 Å². The van der Waals surface area contributed by atoms with E-state index in [1.165, 1.54) is 5.56 Å². The SMILES string of the molecule is CC(CCN)CNCc1ccc2c(c1)CC(=O)N2. The van der Waals surface area contributed by atoms with E-state index in [9.17, 15) is 4.79 Å². The normalized spacial score (nSPS) is 15.3. The van der Waals surface area contributed by atoms with Crippen LogP contribution in [-0.2, 0) is 17.8 Å². The number of nitrogens with two attached hydrogens (primary N) is 1. The van der Waals surface area contributed by atoms with Crippen LogP contribution in [0.25, 0.3) is 0 Å². The molecule has 0 aromatic heterocycles. The smallest absolute Gasteiger partial charge is 0.228 e. The van der Waals surface area contributed by atoms with Gasteiger partial charge in [-0.1, -0.05) is 19.1 Å². The van der Waals surface area contributed by atoms with Crippen LogP contribution in [0.3, 0.4) is 0 Å². The summed E-state index contributed by atoms with van der Waals surface area (Å²) in [5, 5.41) is 6.27. The molecule has 0 bridgehead atoms. The molecule has 0 radical (unpaired) electrons. The first kappa shape index (κ1) is 13.1. The highest BCUT2D eigenvalue weighted by molar-refractivity contribution is 5.99. The molecule has 4 nitrogen and oxygen atoms in total. The van der Waals surface area contributed by atoms with Gasteiger partial charge < -0.3 is 16.4 Å². The van der Waals surface area contributed by atoms with Crippen molar-refractivity contribution >= 4 is 11.6 Å². The molecule has 4 N–H and O–H groups in total. The molecule has 1 amide bonds. The molecule has 1 atom stereocenters. The van der Waals surface area contributed by atoms with Gasteiger partial charge in [-0.15, -0.1) is 0 Å². The van der Waals surface area contributed by atoms with Gasteiger partial charge in [0.15, 0.2) is 0 Å². The fourth-order valence-corrected chi connectivity index (χ4v) is 2.24. The van der Waals surface area contributed by atoms with Gasteiger partial charge in [-0.05, 0) is 42.6 Å². The van der Waals surface area contributed by atoms with Crippen molar-refractivity contribution in [2.24, 2.45) is 11.7 Å². The summed E-state index contributed by atoms with van der Waals surface area (Å²) in [5.74, 6) is 0.694. The number of hydrogen-bond donors (Lipinski definition) is 3. The van der Waals surface area contributed by atoms with Crippen LogP contribution in [0, 0.1) is 5.92 Å². The van der Waals surface area contributed by atoms with Crippen molar-refractivity contribution < 1.29 is 4.79 Å². The minimum Gasteiger partial charge on any atom is -0.330 e. The van der Waals surface area contributed by atoms with Gasteiger partial charge in [-0.25, -0.2) is 0 Å². The zero-order valence-corrected chi connectivity index (χ0v) is 10.8. The first-order valence-corrected chi connectivity index (χ1v) is 6.51. The summed E-state index contributed by atoms with van der Waals surface area (Å²) in [5.41, 5.74) is 8.81. The number of carbonyl (C=O) groups is 1. The number of amides is 1. The first-order chi connectivity index (χ1) is 8.69. The monoisotopic (exact) mass is 247 g/mol. The Morgan fingerprint density at radius 2 is 2.33 bits per heavy atom. The van der Waals surface area contributed by atoms with Crippen LogP contribution in [0.4, 0.5) is 5.69 Å². The topological polar surface area (TPSA) is 67.1 Å². The van der Waals surface area contributed by atoms with E-state index < -0.39 is 0 Å². The standard InChI is InChI=1S/C14H21N3O/c1-10(4-5-15)8-16-9-11-2-3-13-12(6-11)7-14(18)17-13/h2-3,6,10,16H,4-5,7-9,15H2,1H3,(H,17,18). The number of nitrogens with one attached hydrogen (secondary N) is 2. The number of carbonyl (C=O) groups excluding carboxylic acids is 1. The second kappa shape index (κ2) is 5.98. The summed E-state index contributed by atoms with van der Waals surface area (Å²) in [6.07, 6.45) is 1.56. The molecule has 1 aromatic rings. The fourth-order valence-electron chi connectivity index (χ4n) is 2.24. The van der Waals surface area contributed by atoms with E-state index in [-0.39, 0.29) is 5.91 Å². The van der Waals surface area contributed by atoms with Gasteiger partial charge in [0.2, 0.25) is 5.91 Å². The van der Waals surface area contributed by atoms with Gasteiger partial charge in [0.05, 0.1) is 6.42 Å². The van der Waals surface area contributed by atoms with E-state index >= 15 is 0 Å². The lowest BCUT2D eigenvalue weighted by Crippen LogP contribution is -2.22. The molecule has 98 valence electrons. The molecular weight excluding hydrogens is 226 g/mol. The largest absolute Gasteiger partial charge is 0.330 e. The van der Waals surface area contributed by atoms with Gasteiger partial charge in [0.25, 0.3) is 0 Å². The highest BCUT2D eigenvalue weighted by Crippen LogP contribution is 2.23. The van der Waals surface area contributed by atoms with E-state index in [0.29, 0.717) is 12.3 Å². The molecule has 18 heavy (non-hydrogen) atoms. The predicted octanol–water partition coefficient (Wildman–Crippen LogP) is 1.26. The van der Waals surface area contributed by atoms with Gasteiger partial charge >= 0.3 is 0 Å². The van der Waals surface area contributed by atoms with E-state index in [2.05, 4.69) is 29.7 Å². The second-order valence-corrected chi connectivity index (χ2v) is 5.03. The van der Waals surface area contributed by atoms with Gasteiger partial charge in [-0.3, -0.25) is 4.79 Å². The van der Waals surface area contributed by atoms with E-state index in [4.69, 9.17) is 5.73 Å². The molecule has 2 rings (SSSR count). The summed E-state index contributed by atoms with van der Waals surface area (Å²) in [4.78, 5) is 11.2. The average Bonchev–Trinajstić information content (AvgIpc) is 2.69. The lowest BCUT2D eigenvalue weighted by atomic mass is 10.1. The molecule has 1 aliphatic heterocycles. The van der Waals surface area contributed by atoms with Crippen molar-refractivity contribution in [1.82, 2.24) is 5.32 Å². The van der Waals surface area contributed by atoms with Crippen molar-refractivity contribution in [2.45, 2.75) is 26.3 Å². The van der Waals surface area contributed by atoms with Crippen LogP contribution in [0.5, 0.6) is 0 Å². The highest BCUT2D eigenvalue weighted by atomic mass is 16.1. The Bertz CT molecular complexity index is 431. The third-order valence-electron chi connectivity index (χ3n) is 3.28. The summed E-state index contributed by atoms with van der Waals surface area (Å²) >= 11 is 0. The first-order valence-electron chi connectivity index (χ1n) is 6.51. The number of anilines is 1. The number of rotatable bonds is 6. The van der Waals surface area contributed by atoms with Crippen molar-refractivity contribution in [3.63, 3.8) is 0 Å². The van der Waals surface area contributed by atoms with E-state index in [0.717, 1.165) is 37.3 Å². The van der Waals surface area contributed by atoms with Gasteiger partial charge in [0, 0.05) is 12.2 Å². The third-order valence-corrected chi connectivity index (χ3v) is 3.28. The Balaban J connectivity index is 1.84. The lowest BCUT2D eigenvalue weighted by Gasteiger charge is -2.11. The van der Waals surface area contributed by atoms with Crippen molar-refractivity contribution in [3.05, 3.63) is 29.3 Å². The highest BCUT2D eigenvalue weighted by Gasteiger charge is 2.17. The van der Waals surface area contributed by atoms with Crippen molar-refractivity contribution in [2.75, 3.05) is 18.4 Å². The molecule has 1 unspecified atom stereocenters. The van der Waals surface area contributed by atoms with E-state index in [1.54, 1.807) is 0 Å². The fraction of sp³-hybridized carbons (Fsp3) is 0.500.